The smallest absolute Gasteiger partial charge is 0.157 e. The van der Waals surface area contributed by atoms with E-state index in [9.17, 15) is 4.39 Å². The van der Waals surface area contributed by atoms with Crippen LogP contribution in [0.15, 0.2) is 30.3 Å². The lowest BCUT2D eigenvalue weighted by Crippen LogP contribution is -2.58. The predicted molar refractivity (Wildman–Crippen MR) is 111 cm³/mol. The van der Waals surface area contributed by atoms with Gasteiger partial charge in [0.15, 0.2) is 5.82 Å². The predicted octanol–water partition coefficient (Wildman–Crippen LogP) is 4.43. The number of anilines is 1. The first-order chi connectivity index (χ1) is 13.1. The molecule has 2 aliphatic rings. The van der Waals surface area contributed by atoms with Crippen LogP contribution in [0.2, 0.25) is 5.02 Å². The Balaban J connectivity index is 1.41. The average molecular weight is 499 g/mol. The minimum absolute atomic E-state index is 0.0158. The van der Waals surface area contributed by atoms with Crippen molar-refractivity contribution in [1.82, 2.24) is 15.0 Å². The quantitative estimate of drug-likeness (QED) is 0.387. The maximum Gasteiger partial charge on any atom is 0.157 e. The van der Waals surface area contributed by atoms with Crippen LogP contribution in [0, 0.1) is 14.8 Å². The fourth-order valence-corrected chi connectivity index (χ4v) is 4.99. The fraction of sp³-hybridized carbons (Fsp3) is 0.368. The molecule has 0 atom stereocenters. The standard InChI is InChI=1S/C19H17ClFIN4O/c20-16-17(21)14(22)9-15-18(16)23-24-26(15)13-3-1-12(2-4-13)25-10-19(11-25)5-7-27-8-6-19/h1-4,9H,5-8,10-11H2. The highest BCUT2D eigenvalue weighted by Crippen LogP contribution is 2.42. The zero-order valence-electron chi connectivity index (χ0n) is 14.5. The Labute approximate surface area is 174 Å². The molecule has 27 heavy (non-hydrogen) atoms. The molecule has 0 saturated carbocycles. The second-order valence-corrected chi connectivity index (χ2v) is 8.88. The third kappa shape index (κ3) is 2.91. The normalized spacial score (nSPS) is 18.9. The van der Waals surface area contributed by atoms with Gasteiger partial charge < -0.3 is 9.64 Å². The summed E-state index contributed by atoms with van der Waals surface area (Å²) in [6.45, 7) is 3.95. The Morgan fingerprint density at radius 1 is 1.11 bits per heavy atom. The van der Waals surface area contributed by atoms with E-state index >= 15 is 0 Å². The summed E-state index contributed by atoms with van der Waals surface area (Å²) < 4.78 is 21.6. The molecule has 0 amide bonds. The average Bonchev–Trinajstić information content (AvgIpc) is 3.09. The van der Waals surface area contributed by atoms with E-state index in [1.807, 2.05) is 34.7 Å². The van der Waals surface area contributed by atoms with Crippen molar-refractivity contribution < 1.29 is 9.13 Å². The van der Waals surface area contributed by atoms with Crippen LogP contribution in [0.5, 0.6) is 0 Å². The number of benzene rings is 2. The molecule has 2 fully saturated rings. The third-order valence-electron chi connectivity index (χ3n) is 5.64. The van der Waals surface area contributed by atoms with Crippen molar-refractivity contribution in [3.63, 3.8) is 0 Å². The molecule has 5 nitrogen and oxygen atoms in total. The van der Waals surface area contributed by atoms with Crippen molar-refractivity contribution in [1.29, 1.82) is 0 Å². The van der Waals surface area contributed by atoms with Gasteiger partial charge in [0.05, 0.1) is 14.8 Å². The molecule has 8 heteroatoms. The number of hydrogen-bond acceptors (Lipinski definition) is 4. The first kappa shape index (κ1) is 17.6. The SMILES string of the molecule is Fc1c(I)cc2c(nnn2-c2ccc(N3CC4(CCOCC4)C3)cc2)c1Cl. The topological polar surface area (TPSA) is 43.2 Å². The second-order valence-electron chi connectivity index (χ2n) is 7.34. The van der Waals surface area contributed by atoms with Crippen LogP contribution in [-0.2, 0) is 4.74 Å². The van der Waals surface area contributed by atoms with Crippen LogP contribution in [0.25, 0.3) is 16.7 Å². The van der Waals surface area contributed by atoms with Crippen LogP contribution in [0.4, 0.5) is 10.1 Å². The van der Waals surface area contributed by atoms with E-state index in [0.29, 0.717) is 20.0 Å². The summed E-state index contributed by atoms with van der Waals surface area (Å²) >= 11 is 8.02. The Hall–Kier alpha value is -1.45. The number of aromatic nitrogens is 3. The van der Waals surface area contributed by atoms with Crippen molar-refractivity contribution in [2.24, 2.45) is 5.41 Å². The van der Waals surface area contributed by atoms with Crippen molar-refractivity contribution >= 4 is 50.9 Å². The Morgan fingerprint density at radius 3 is 2.48 bits per heavy atom. The highest BCUT2D eigenvalue weighted by molar-refractivity contribution is 14.1. The van der Waals surface area contributed by atoms with Crippen LogP contribution in [0.3, 0.4) is 0 Å². The maximum absolute atomic E-state index is 14.0. The molecule has 2 aromatic carbocycles. The van der Waals surface area contributed by atoms with E-state index in [4.69, 9.17) is 16.3 Å². The number of hydrogen-bond donors (Lipinski definition) is 0. The van der Waals surface area contributed by atoms with E-state index in [1.165, 1.54) is 5.69 Å². The first-order valence-corrected chi connectivity index (χ1v) is 10.3. The van der Waals surface area contributed by atoms with Gasteiger partial charge in [-0.2, -0.15) is 0 Å². The molecule has 0 N–H and O–H groups in total. The molecule has 0 aliphatic carbocycles. The highest BCUT2D eigenvalue weighted by atomic mass is 127. The van der Waals surface area contributed by atoms with Gasteiger partial charge in [0.25, 0.3) is 0 Å². The van der Waals surface area contributed by atoms with Gasteiger partial charge in [0.1, 0.15) is 10.5 Å². The lowest BCUT2D eigenvalue weighted by atomic mass is 9.73. The summed E-state index contributed by atoms with van der Waals surface area (Å²) in [5.41, 5.74) is 3.60. The van der Waals surface area contributed by atoms with Gasteiger partial charge in [0, 0.05) is 37.4 Å². The summed E-state index contributed by atoms with van der Waals surface area (Å²) in [6, 6.07) is 9.96. The zero-order chi connectivity index (χ0) is 18.6. The van der Waals surface area contributed by atoms with Gasteiger partial charge in [-0.3, -0.25) is 0 Å². The fourth-order valence-electron chi connectivity index (χ4n) is 4.03. The zero-order valence-corrected chi connectivity index (χ0v) is 17.4. The monoisotopic (exact) mass is 498 g/mol. The summed E-state index contributed by atoms with van der Waals surface area (Å²) in [4.78, 5) is 2.41. The van der Waals surface area contributed by atoms with Crippen molar-refractivity contribution in [3.8, 4) is 5.69 Å². The molecule has 0 unspecified atom stereocenters. The number of rotatable bonds is 2. The van der Waals surface area contributed by atoms with E-state index in [1.54, 1.807) is 10.7 Å². The molecule has 0 bridgehead atoms. The summed E-state index contributed by atoms with van der Waals surface area (Å²) in [6.07, 6.45) is 2.31. The van der Waals surface area contributed by atoms with Crippen LogP contribution in [-0.4, -0.2) is 41.3 Å². The second kappa shape index (κ2) is 6.56. The molecule has 140 valence electrons. The Morgan fingerprint density at radius 2 is 1.78 bits per heavy atom. The van der Waals surface area contributed by atoms with Gasteiger partial charge in [-0.25, -0.2) is 9.07 Å². The van der Waals surface area contributed by atoms with Crippen LogP contribution >= 0.6 is 34.2 Å². The van der Waals surface area contributed by atoms with Crippen molar-refractivity contribution in [3.05, 3.63) is 44.7 Å². The van der Waals surface area contributed by atoms with E-state index in [-0.39, 0.29) is 5.02 Å². The lowest BCUT2D eigenvalue weighted by Gasteiger charge is -2.53. The van der Waals surface area contributed by atoms with Gasteiger partial charge in [-0.1, -0.05) is 16.8 Å². The van der Waals surface area contributed by atoms with E-state index in [0.717, 1.165) is 44.8 Å². The summed E-state index contributed by atoms with van der Waals surface area (Å²) in [5, 5.41) is 8.24. The van der Waals surface area contributed by atoms with Crippen LogP contribution < -0.4 is 4.90 Å². The lowest BCUT2D eigenvalue weighted by molar-refractivity contribution is -0.000190. The first-order valence-electron chi connectivity index (χ1n) is 8.88. The van der Waals surface area contributed by atoms with Gasteiger partial charge in [-0.15, -0.1) is 5.10 Å². The number of nitrogens with zero attached hydrogens (tertiary/aromatic N) is 4. The molecule has 1 spiro atoms. The van der Waals surface area contributed by atoms with E-state index in [2.05, 4.69) is 27.3 Å². The minimum atomic E-state index is -0.452. The van der Waals surface area contributed by atoms with Crippen molar-refractivity contribution in [2.45, 2.75) is 12.8 Å². The van der Waals surface area contributed by atoms with Gasteiger partial charge in [-0.05, 0) is 65.8 Å². The minimum Gasteiger partial charge on any atom is -0.381 e. The van der Waals surface area contributed by atoms with Crippen molar-refractivity contribution in [2.75, 3.05) is 31.2 Å². The molecule has 0 radical (unpaired) electrons. The Bertz CT molecular complexity index is 1010. The van der Waals surface area contributed by atoms with Gasteiger partial charge >= 0.3 is 0 Å². The maximum atomic E-state index is 14.0. The third-order valence-corrected chi connectivity index (χ3v) is 6.77. The number of halogens is 3. The largest absolute Gasteiger partial charge is 0.381 e. The van der Waals surface area contributed by atoms with Crippen LogP contribution in [0.1, 0.15) is 12.8 Å². The summed E-state index contributed by atoms with van der Waals surface area (Å²) in [5.74, 6) is -0.452. The molecular formula is C19H17ClFIN4O. The highest BCUT2D eigenvalue weighted by Gasteiger charge is 2.43. The molecule has 2 saturated heterocycles. The molecule has 3 heterocycles. The molecule has 1 aromatic heterocycles. The number of ether oxygens (including phenoxy) is 1. The molecule has 2 aliphatic heterocycles. The number of fused-ring (bicyclic) bond motifs is 1. The summed E-state index contributed by atoms with van der Waals surface area (Å²) in [7, 11) is 0. The Kier molecular flexibility index (Phi) is 4.29. The van der Waals surface area contributed by atoms with Gasteiger partial charge in [0.2, 0.25) is 0 Å². The van der Waals surface area contributed by atoms with E-state index < -0.39 is 5.82 Å². The molecule has 5 rings (SSSR count). The molecular weight excluding hydrogens is 482 g/mol. The molecule has 3 aromatic rings.